The van der Waals surface area contributed by atoms with Crippen molar-refractivity contribution in [1.29, 1.82) is 0 Å². The van der Waals surface area contributed by atoms with E-state index in [1.54, 1.807) is 0 Å². The van der Waals surface area contributed by atoms with E-state index in [2.05, 4.69) is 5.11 Å². The van der Waals surface area contributed by atoms with Crippen LogP contribution in [0.15, 0.2) is 10.2 Å². The summed E-state index contributed by atoms with van der Waals surface area (Å²) < 4.78 is 0. The third-order valence-corrected chi connectivity index (χ3v) is 6.64. The molecule has 0 spiro atoms. The lowest BCUT2D eigenvalue weighted by Gasteiger charge is -2.24. The molecule has 1 N–H and O–H groups in total. The lowest BCUT2D eigenvalue weighted by molar-refractivity contribution is 0.0172. The summed E-state index contributed by atoms with van der Waals surface area (Å²) in [6.45, 7) is 0. The largest absolute Gasteiger partial charge is 0.368 e. The molecule has 0 aromatic rings. The van der Waals surface area contributed by atoms with Gasteiger partial charge in [-0.3, -0.25) is 0 Å². The van der Waals surface area contributed by atoms with Crippen molar-refractivity contribution in [3.8, 4) is 0 Å². The maximum absolute atomic E-state index is 11.1. The van der Waals surface area contributed by atoms with E-state index in [4.69, 9.17) is 5.11 Å². The van der Waals surface area contributed by atoms with Gasteiger partial charge in [0.15, 0.2) is 5.72 Å². The zero-order chi connectivity index (χ0) is 19.0. The van der Waals surface area contributed by atoms with Crippen molar-refractivity contribution in [3.05, 3.63) is 0 Å². The smallest absolute Gasteiger partial charge is 0.176 e. The molecule has 158 valence electrons. The van der Waals surface area contributed by atoms with Gasteiger partial charge in [0.25, 0.3) is 0 Å². The Labute approximate surface area is 168 Å². The summed E-state index contributed by atoms with van der Waals surface area (Å²) in [7, 11) is 0. The highest BCUT2D eigenvalue weighted by atomic mass is 16.3. The van der Waals surface area contributed by atoms with E-state index >= 15 is 0 Å². The average molecular weight is 379 g/mol. The Balaban J connectivity index is 1.87. The molecular formula is C24H46N2O. The maximum Gasteiger partial charge on any atom is 0.176 e. The summed E-state index contributed by atoms with van der Waals surface area (Å²) in [5.41, 5.74) is -0.886. The van der Waals surface area contributed by atoms with Gasteiger partial charge in [-0.1, -0.05) is 103 Å². The zero-order valence-electron chi connectivity index (χ0n) is 18.0. The summed E-state index contributed by atoms with van der Waals surface area (Å²) in [4.78, 5) is 0. The molecule has 0 unspecified atom stereocenters. The van der Waals surface area contributed by atoms with Crippen LogP contribution in [-0.2, 0) is 0 Å². The highest BCUT2D eigenvalue weighted by molar-refractivity contribution is 4.76. The van der Waals surface area contributed by atoms with Crippen LogP contribution in [0, 0.1) is 0 Å². The van der Waals surface area contributed by atoms with Crippen molar-refractivity contribution in [2.75, 3.05) is 0 Å². The molecule has 0 bridgehead atoms. The molecule has 27 heavy (non-hydrogen) atoms. The summed E-state index contributed by atoms with van der Waals surface area (Å²) in [5, 5.41) is 20.5. The fourth-order valence-corrected chi connectivity index (χ4v) is 4.72. The van der Waals surface area contributed by atoms with Crippen LogP contribution in [0.1, 0.15) is 141 Å². The van der Waals surface area contributed by atoms with E-state index in [0.717, 1.165) is 25.7 Å². The van der Waals surface area contributed by atoms with Gasteiger partial charge in [-0.25, -0.2) is 0 Å². The van der Waals surface area contributed by atoms with Crippen molar-refractivity contribution in [1.82, 2.24) is 0 Å². The molecule has 2 aliphatic carbocycles. The second kappa shape index (κ2) is 14.5. The fraction of sp³-hybridized carbons (Fsp3) is 1.00. The summed E-state index contributed by atoms with van der Waals surface area (Å²) in [6.07, 6.45) is 27.6. The Kier molecular flexibility index (Phi) is 12.3. The van der Waals surface area contributed by atoms with Gasteiger partial charge in [-0.05, 0) is 38.5 Å². The summed E-state index contributed by atoms with van der Waals surface area (Å²) >= 11 is 0. The molecule has 0 atom stereocenters. The van der Waals surface area contributed by atoms with Crippen LogP contribution in [0.4, 0.5) is 0 Å². The van der Waals surface area contributed by atoms with E-state index in [1.807, 2.05) is 0 Å². The lowest BCUT2D eigenvalue weighted by atomic mass is 9.95. The van der Waals surface area contributed by atoms with E-state index in [1.165, 1.54) is 116 Å². The van der Waals surface area contributed by atoms with E-state index < -0.39 is 5.72 Å². The first-order chi connectivity index (χ1) is 13.3. The molecule has 2 fully saturated rings. The van der Waals surface area contributed by atoms with Gasteiger partial charge in [0.05, 0.1) is 6.04 Å². The van der Waals surface area contributed by atoms with E-state index in [0.29, 0.717) is 6.04 Å². The van der Waals surface area contributed by atoms with Crippen molar-refractivity contribution in [3.63, 3.8) is 0 Å². The number of hydrogen-bond donors (Lipinski definition) is 1. The molecule has 2 aliphatic rings. The van der Waals surface area contributed by atoms with Crippen molar-refractivity contribution >= 4 is 0 Å². The molecule has 0 radical (unpaired) electrons. The van der Waals surface area contributed by atoms with Crippen LogP contribution in [0.25, 0.3) is 0 Å². The van der Waals surface area contributed by atoms with Gasteiger partial charge < -0.3 is 5.11 Å². The molecule has 0 heterocycles. The van der Waals surface area contributed by atoms with Crippen molar-refractivity contribution in [2.24, 2.45) is 10.2 Å². The molecule has 3 nitrogen and oxygen atoms in total. The SMILES string of the molecule is OC1(/N=N/C2CCCCCCCCCCC2)CCCCCCCCCCC1. The number of hydrogen-bond acceptors (Lipinski definition) is 3. The summed E-state index contributed by atoms with van der Waals surface area (Å²) in [5.74, 6) is 0. The number of nitrogens with zero attached hydrogens (tertiary/aromatic N) is 2. The predicted octanol–water partition coefficient (Wildman–Crippen LogP) is 8.11. The third-order valence-electron chi connectivity index (χ3n) is 6.64. The molecule has 0 aliphatic heterocycles. The lowest BCUT2D eigenvalue weighted by Crippen LogP contribution is -2.26. The Morgan fingerprint density at radius 3 is 1.22 bits per heavy atom. The normalized spacial score (nSPS) is 26.4. The Bertz CT molecular complexity index is 359. The quantitative estimate of drug-likeness (QED) is 0.484. The highest BCUT2D eigenvalue weighted by Gasteiger charge is 2.26. The molecule has 0 amide bonds. The van der Waals surface area contributed by atoms with Crippen LogP contribution in [-0.4, -0.2) is 16.9 Å². The van der Waals surface area contributed by atoms with Gasteiger partial charge >= 0.3 is 0 Å². The van der Waals surface area contributed by atoms with Gasteiger partial charge in [0.2, 0.25) is 0 Å². The fourth-order valence-electron chi connectivity index (χ4n) is 4.72. The van der Waals surface area contributed by atoms with Crippen molar-refractivity contribution in [2.45, 2.75) is 153 Å². The first-order valence-corrected chi connectivity index (χ1v) is 12.4. The van der Waals surface area contributed by atoms with Gasteiger partial charge in [0, 0.05) is 0 Å². The number of azo groups is 1. The molecular weight excluding hydrogens is 332 g/mol. The third kappa shape index (κ3) is 11.2. The predicted molar refractivity (Wildman–Crippen MR) is 115 cm³/mol. The second-order valence-corrected chi connectivity index (χ2v) is 9.29. The van der Waals surface area contributed by atoms with Crippen LogP contribution < -0.4 is 0 Å². The Morgan fingerprint density at radius 2 is 0.815 bits per heavy atom. The molecule has 2 rings (SSSR count). The topological polar surface area (TPSA) is 45.0 Å². The van der Waals surface area contributed by atoms with Crippen LogP contribution in [0.3, 0.4) is 0 Å². The first-order valence-electron chi connectivity index (χ1n) is 12.4. The average Bonchev–Trinajstić information content (AvgIpc) is 2.64. The molecule has 3 heteroatoms. The van der Waals surface area contributed by atoms with Crippen LogP contribution in [0.5, 0.6) is 0 Å². The number of aliphatic hydroxyl groups is 1. The first kappa shape index (κ1) is 22.8. The van der Waals surface area contributed by atoms with E-state index in [-0.39, 0.29) is 0 Å². The van der Waals surface area contributed by atoms with Gasteiger partial charge in [-0.15, -0.1) is 0 Å². The van der Waals surface area contributed by atoms with Gasteiger partial charge in [-0.2, -0.15) is 10.2 Å². The van der Waals surface area contributed by atoms with E-state index in [9.17, 15) is 5.11 Å². The highest BCUT2D eigenvalue weighted by Crippen LogP contribution is 2.28. The molecule has 0 aromatic heterocycles. The molecule has 2 saturated carbocycles. The molecule has 0 saturated heterocycles. The minimum Gasteiger partial charge on any atom is -0.368 e. The molecule has 0 aromatic carbocycles. The van der Waals surface area contributed by atoms with Crippen LogP contribution in [0.2, 0.25) is 0 Å². The Morgan fingerprint density at radius 1 is 0.481 bits per heavy atom. The standard InChI is InChI=1S/C24H46N2O/c27-24(21-17-13-9-5-2-6-10-14-18-22-24)26-25-23-19-15-11-7-3-1-4-8-12-16-20-23/h23,27H,1-22H2/b26-25+. The van der Waals surface area contributed by atoms with Crippen molar-refractivity contribution < 1.29 is 5.11 Å². The Hall–Kier alpha value is -0.440. The number of rotatable bonds is 2. The summed E-state index contributed by atoms with van der Waals surface area (Å²) in [6, 6.07) is 0.342. The second-order valence-electron chi connectivity index (χ2n) is 9.29. The zero-order valence-corrected chi connectivity index (χ0v) is 18.0. The monoisotopic (exact) mass is 378 g/mol. The van der Waals surface area contributed by atoms with Gasteiger partial charge in [0.1, 0.15) is 0 Å². The minimum atomic E-state index is -0.886. The minimum absolute atomic E-state index is 0.342. The van der Waals surface area contributed by atoms with Crippen LogP contribution >= 0.6 is 0 Å². The maximum atomic E-state index is 11.1.